The lowest BCUT2D eigenvalue weighted by molar-refractivity contribution is 1.13. The van der Waals surface area contributed by atoms with Crippen molar-refractivity contribution in [3.05, 3.63) is 104 Å². The summed E-state index contributed by atoms with van der Waals surface area (Å²) < 4.78 is 4.57. The number of pyridine rings is 3. The van der Waals surface area contributed by atoms with E-state index in [0.29, 0.717) is 0 Å². The zero-order chi connectivity index (χ0) is 21.1. The molecule has 32 heavy (non-hydrogen) atoms. The highest BCUT2D eigenvalue weighted by molar-refractivity contribution is 6.09. The zero-order valence-corrected chi connectivity index (χ0v) is 17.1. The molecule has 0 aliphatic rings. The Kier molecular flexibility index (Phi) is 3.49. The lowest BCUT2D eigenvalue weighted by atomic mass is 10.2. The molecule has 5 nitrogen and oxygen atoms in total. The van der Waals surface area contributed by atoms with E-state index in [1.165, 1.54) is 0 Å². The molecule has 150 valence electrons. The smallest absolute Gasteiger partial charge is 0.0963 e. The largest absolute Gasteiger partial charge is 0.309 e. The Balaban J connectivity index is 1.55. The van der Waals surface area contributed by atoms with Crippen LogP contribution < -0.4 is 0 Å². The summed E-state index contributed by atoms with van der Waals surface area (Å²) in [5, 5.41) is 3.35. The van der Waals surface area contributed by atoms with Gasteiger partial charge in [-0.25, -0.2) is 0 Å². The molecule has 0 aliphatic heterocycles. The van der Waals surface area contributed by atoms with Crippen molar-refractivity contribution >= 4 is 43.7 Å². The van der Waals surface area contributed by atoms with Gasteiger partial charge in [0.25, 0.3) is 0 Å². The van der Waals surface area contributed by atoms with Crippen LogP contribution in [0.15, 0.2) is 104 Å². The van der Waals surface area contributed by atoms with Crippen LogP contribution in [0.25, 0.3) is 55.1 Å². The molecule has 0 atom stereocenters. The Labute approximate surface area is 183 Å². The molecule has 0 amide bonds. The van der Waals surface area contributed by atoms with E-state index in [4.69, 9.17) is 0 Å². The molecule has 2 aromatic carbocycles. The van der Waals surface area contributed by atoms with Crippen LogP contribution >= 0.6 is 0 Å². The predicted octanol–water partition coefficient (Wildman–Crippen LogP) is 6.07. The summed E-state index contributed by atoms with van der Waals surface area (Å²) in [6, 6.07) is 25.3. The van der Waals surface area contributed by atoms with Gasteiger partial charge in [-0.1, -0.05) is 24.3 Å². The number of rotatable bonds is 2. The molecule has 0 bridgehead atoms. The van der Waals surface area contributed by atoms with E-state index in [9.17, 15) is 0 Å². The van der Waals surface area contributed by atoms with Gasteiger partial charge >= 0.3 is 0 Å². The van der Waals surface area contributed by atoms with Gasteiger partial charge < -0.3 is 9.13 Å². The number of benzene rings is 2. The third kappa shape index (κ3) is 2.30. The van der Waals surface area contributed by atoms with E-state index in [1.807, 2.05) is 37.1 Å². The van der Waals surface area contributed by atoms with E-state index >= 15 is 0 Å². The normalized spacial score (nSPS) is 11.8. The van der Waals surface area contributed by atoms with Crippen molar-refractivity contribution in [1.82, 2.24) is 24.1 Å². The SMILES string of the molecule is c1cc(-n2c3ccncc3c3cnccc32)cc(-n2c3ccccc3c3ncccc32)c1. The first-order chi connectivity index (χ1) is 15.9. The van der Waals surface area contributed by atoms with E-state index in [2.05, 4.69) is 90.8 Å². The molecule has 5 heterocycles. The third-order valence-electron chi connectivity index (χ3n) is 6.14. The highest BCUT2D eigenvalue weighted by Gasteiger charge is 2.15. The number of hydrogen-bond donors (Lipinski definition) is 0. The summed E-state index contributed by atoms with van der Waals surface area (Å²) >= 11 is 0. The monoisotopic (exact) mass is 411 g/mol. The van der Waals surface area contributed by atoms with Crippen molar-refractivity contribution in [3.63, 3.8) is 0 Å². The lowest BCUT2D eigenvalue weighted by Gasteiger charge is -2.12. The summed E-state index contributed by atoms with van der Waals surface area (Å²) in [5.74, 6) is 0. The first-order valence-electron chi connectivity index (χ1n) is 10.5. The fraction of sp³-hybridized carbons (Fsp3) is 0. The first-order valence-corrected chi connectivity index (χ1v) is 10.5. The van der Waals surface area contributed by atoms with Gasteiger partial charge in [0.2, 0.25) is 0 Å². The van der Waals surface area contributed by atoms with Gasteiger partial charge in [0.15, 0.2) is 0 Å². The van der Waals surface area contributed by atoms with Crippen LogP contribution in [-0.2, 0) is 0 Å². The topological polar surface area (TPSA) is 48.5 Å². The van der Waals surface area contributed by atoms with Crippen molar-refractivity contribution in [1.29, 1.82) is 0 Å². The van der Waals surface area contributed by atoms with Gasteiger partial charge in [0.1, 0.15) is 0 Å². The Hall–Kier alpha value is -4.51. The number of aromatic nitrogens is 5. The lowest BCUT2D eigenvalue weighted by Crippen LogP contribution is -1.98. The van der Waals surface area contributed by atoms with Crippen molar-refractivity contribution in [3.8, 4) is 11.4 Å². The van der Waals surface area contributed by atoms with E-state index in [-0.39, 0.29) is 0 Å². The fourth-order valence-electron chi connectivity index (χ4n) is 4.82. The molecule has 0 aliphatic carbocycles. The molecule has 5 heteroatoms. The van der Waals surface area contributed by atoms with Crippen molar-refractivity contribution < 1.29 is 0 Å². The molecule has 0 radical (unpaired) electrons. The summed E-state index contributed by atoms with van der Waals surface area (Å²) in [6.45, 7) is 0. The van der Waals surface area contributed by atoms with Crippen molar-refractivity contribution in [2.75, 3.05) is 0 Å². The van der Waals surface area contributed by atoms with Crippen LogP contribution in [0.3, 0.4) is 0 Å². The fourth-order valence-corrected chi connectivity index (χ4v) is 4.82. The van der Waals surface area contributed by atoms with Crippen LogP contribution in [-0.4, -0.2) is 24.1 Å². The maximum absolute atomic E-state index is 4.67. The highest BCUT2D eigenvalue weighted by atomic mass is 15.0. The second kappa shape index (κ2) is 6.49. The molecule has 7 aromatic rings. The summed E-state index contributed by atoms with van der Waals surface area (Å²) in [7, 11) is 0. The van der Waals surface area contributed by atoms with Crippen LogP contribution in [0.2, 0.25) is 0 Å². The summed E-state index contributed by atoms with van der Waals surface area (Å²) in [5.41, 5.74) is 7.68. The quantitative estimate of drug-likeness (QED) is 0.347. The molecule has 0 N–H and O–H groups in total. The Morgan fingerprint density at radius 3 is 1.88 bits per heavy atom. The van der Waals surface area contributed by atoms with Gasteiger partial charge in [-0.2, -0.15) is 0 Å². The second-order valence-electron chi connectivity index (χ2n) is 7.86. The molecule has 0 saturated carbocycles. The van der Waals surface area contributed by atoms with Crippen LogP contribution in [0, 0.1) is 0 Å². The molecule has 0 unspecified atom stereocenters. The van der Waals surface area contributed by atoms with Crippen molar-refractivity contribution in [2.24, 2.45) is 0 Å². The highest BCUT2D eigenvalue weighted by Crippen LogP contribution is 2.34. The minimum absolute atomic E-state index is 1.02. The Bertz CT molecular complexity index is 1560. The van der Waals surface area contributed by atoms with E-state index < -0.39 is 0 Å². The first kappa shape index (κ1) is 17.2. The summed E-state index contributed by atoms with van der Waals surface area (Å²) in [4.78, 5) is 13.4. The van der Waals surface area contributed by atoms with Crippen molar-refractivity contribution in [2.45, 2.75) is 0 Å². The minimum atomic E-state index is 1.02. The third-order valence-corrected chi connectivity index (χ3v) is 6.14. The maximum Gasteiger partial charge on any atom is 0.0963 e. The van der Waals surface area contributed by atoms with E-state index in [1.54, 1.807) is 0 Å². The molecular formula is C27H17N5. The van der Waals surface area contributed by atoms with E-state index in [0.717, 1.165) is 55.1 Å². The van der Waals surface area contributed by atoms with Gasteiger partial charge in [-0.15, -0.1) is 0 Å². The molecular weight excluding hydrogens is 394 g/mol. The van der Waals surface area contributed by atoms with Crippen LogP contribution in [0.1, 0.15) is 0 Å². The second-order valence-corrected chi connectivity index (χ2v) is 7.86. The van der Waals surface area contributed by atoms with Crippen LogP contribution in [0.5, 0.6) is 0 Å². The Morgan fingerprint density at radius 2 is 1.12 bits per heavy atom. The number of hydrogen-bond acceptors (Lipinski definition) is 3. The van der Waals surface area contributed by atoms with Crippen LogP contribution in [0.4, 0.5) is 0 Å². The van der Waals surface area contributed by atoms with Gasteiger partial charge in [0.05, 0.1) is 27.6 Å². The number of fused-ring (bicyclic) bond motifs is 6. The number of para-hydroxylation sites is 1. The average Bonchev–Trinajstić information content (AvgIpc) is 3.37. The van der Waals surface area contributed by atoms with Gasteiger partial charge in [-0.05, 0) is 48.5 Å². The standard InChI is InChI=1S/C27H17N5/c1-2-8-23-20(7-1)27-26(9-4-12-30-27)32(23)19-6-3-5-18(15-19)31-24-10-13-28-16-21(24)22-17-29-14-11-25(22)31/h1-17H. The molecule has 0 fully saturated rings. The summed E-state index contributed by atoms with van der Waals surface area (Å²) in [6.07, 6.45) is 9.37. The van der Waals surface area contributed by atoms with Gasteiger partial charge in [0, 0.05) is 58.5 Å². The Morgan fingerprint density at radius 1 is 0.500 bits per heavy atom. The number of nitrogens with zero attached hydrogens (tertiary/aromatic N) is 5. The minimum Gasteiger partial charge on any atom is -0.309 e. The molecule has 5 aromatic heterocycles. The van der Waals surface area contributed by atoms with Gasteiger partial charge in [-0.3, -0.25) is 15.0 Å². The predicted molar refractivity (Wildman–Crippen MR) is 129 cm³/mol. The maximum atomic E-state index is 4.67. The molecule has 0 saturated heterocycles. The molecule has 0 spiro atoms. The average molecular weight is 411 g/mol. The zero-order valence-electron chi connectivity index (χ0n) is 17.1. The molecule has 7 rings (SSSR count).